The monoisotopic (exact) mass is 258 g/mol. The summed E-state index contributed by atoms with van der Waals surface area (Å²) in [5.41, 5.74) is 0. The molecule has 1 saturated heterocycles. The van der Waals surface area contributed by atoms with Crippen LogP contribution in [-0.2, 0) is 14.3 Å². The number of unbranched alkanes of at least 4 members (excludes halogenated alkanes) is 1. The summed E-state index contributed by atoms with van der Waals surface area (Å²) in [5.74, 6) is -1.38. The van der Waals surface area contributed by atoms with Crippen LogP contribution in [0.4, 0.5) is 0 Å². The second kappa shape index (κ2) is 8.05. The molecule has 2 unspecified atom stereocenters. The summed E-state index contributed by atoms with van der Waals surface area (Å²) < 4.78 is 5.42. The Balaban J connectivity index is 2.18. The van der Waals surface area contributed by atoms with E-state index in [1.54, 1.807) is 0 Å². The molecule has 6 heteroatoms. The topological polar surface area (TPSA) is 87.7 Å². The van der Waals surface area contributed by atoms with Crippen LogP contribution in [0.1, 0.15) is 26.2 Å². The van der Waals surface area contributed by atoms with Crippen molar-refractivity contribution in [2.75, 3.05) is 26.2 Å². The highest BCUT2D eigenvalue weighted by Crippen LogP contribution is 2.13. The number of carboxylic acid groups (broad SMARTS) is 1. The lowest BCUT2D eigenvalue weighted by Crippen LogP contribution is -2.44. The van der Waals surface area contributed by atoms with Crippen LogP contribution in [0.2, 0.25) is 0 Å². The van der Waals surface area contributed by atoms with Gasteiger partial charge >= 0.3 is 5.97 Å². The largest absolute Gasteiger partial charge is 0.481 e. The molecule has 18 heavy (non-hydrogen) atoms. The number of carboxylic acids is 1. The lowest BCUT2D eigenvalue weighted by atomic mass is 9.98. The number of hydrogen-bond acceptors (Lipinski definition) is 4. The van der Waals surface area contributed by atoms with E-state index < -0.39 is 11.9 Å². The van der Waals surface area contributed by atoms with Crippen molar-refractivity contribution in [3.05, 3.63) is 0 Å². The molecule has 0 aromatic carbocycles. The lowest BCUT2D eigenvalue weighted by Gasteiger charge is -2.27. The molecular weight excluding hydrogens is 236 g/mol. The van der Waals surface area contributed by atoms with Gasteiger partial charge in [0.25, 0.3) is 0 Å². The smallest absolute Gasteiger partial charge is 0.307 e. The predicted molar refractivity (Wildman–Crippen MR) is 66.3 cm³/mol. The third-order valence-electron chi connectivity index (χ3n) is 2.96. The first kappa shape index (κ1) is 14.9. The molecule has 1 aliphatic rings. The van der Waals surface area contributed by atoms with E-state index in [4.69, 9.17) is 9.84 Å². The van der Waals surface area contributed by atoms with Crippen molar-refractivity contribution < 1.29 is 19.4 Å². The molecule has 0 radical (unpaired) electrons. The summed E-state index contributed by atoms with van der Waals surface area (Å²) in [6.07, 6.45) is 2.26. The number of hydrogen-bond donors (Lipinski definition) is 3. The van der Waals surface area contributed by atoms with E-state index in [1.165, 1.54) is 0 Å². The number of carbonyl (C=O) groups is 2. The van der Waals surface area contributed by atoms with Crippen LogP contribution in [0.15, 0.2) is 0 Å². The molecule has 1 aliphatic heterocycles. The van der Waals surface area contributed by atoms with E-state index >= 15 is 0 Å². The summed E-state index contributed by atoms with van der Waals surface area (Å²) in [4.78, 5) is 22.2. The van der Waals surface area contributed by atoms with Crippen LogP contribution in [0.25, 0.3) is 0 Å². The summed E-state index contributed by atoms with van der Waals surface area (Å²) in [6.45, 7) is 3.80. The number of piperidine rings is 1. The van der Waals surface area contributed by atoms with Crippen molar-refractivity contribution in [1.29, 1.82) is 0 Å². The third kappa shape index (κ3) is 5.46. The maximum Gasteiger partial charge on any atom is 0.307 e. The SMILES string of the molecule is CCCCNC(=O)COC1CNCC(C(=O)O)C1. The standard InChI is InChI=1S/C12H22N2O4/c1-2-3-4-14-11(15)8-18-10-5-9(12(16)17)6-13-7-10/h9-10,13H,2-8H2,1H3,(H,14,15)(H,16,17). The molecule has 1 heterocycles. The van der Waals surface area contributed by atoms with E-state index in [2.05, 4.69) is 17.6 Å². The fourth-order valence-corrected chi connectivity index (χ4v) is 1.87. The van der Waals surface area contributed by atoms with Crippen molar-refractivity contribution in [3.63, 3.8) is 0 Å². The number of nitrogens with one attached hydrogen (secondary N) is 2. The van der Waals surface area contributed by atoms with Gasteiger partial charge in [-0.3, -0.25) is 9.59 Å². The lowest BCUT2D eigenvalue weighted by molar-refractivity contribution is -0.144. The van der Waals surface area contributed by atoms with Crippen molar-refractivity contribution in [2.24, 2.45) is 5.92 Å². The molecule has 6 nitrogen and oxygen atoms in total. The van der Waals surface area contributed by atoms with Crippen LogP contribution in [0.5, 0.6) is 0 Å². The summed E-state index contributed by atoms with van der Waals surface area (Å²) in [7, 11) is 0. The van der Waals surface area contributed by atoms with Gasteiger partial charge in [-0.2, -0.15) is 0 Å². The molecule has 0 bridgehead atoms. The number of aliphatic carboxylic acids is 1. The number of carbonyl (C=O) groups excluding carboxylic acids is 1. The molecule has 2 atom stereocenters. The Labute approximate surface area is 107 Å². The van der Waals surface area contributed by atoms with Gasteiger partial charge in [0.1, 0.15) is 6.61 Å². The Hall–Kier alpha value is -1.14. The fourth-order valence-electron chi connectivity index (χ4n) is 1.87. The van der Waals surface area contributed by atoms with Crippen molar-refractivity contribution >= 4 is 11.9 Å². The first-order chi connectivity index (χ1) is 8.63. The number of amides is 1. The molecule has 1 fully saturated rings. The highest BCUT2D eigenvalue weighted by molar-refractivity contribution is 5.77. The molecule has 0 aromatic rings. The fraction of sp³-hybridized carbons (Fsp3) is 0.833. The van der Waals surface area contributed by atoms with Gasteiger partial charge in [-0.1, -0.05) is 13.3 Å². The first-order valence-electron chi connectivity index (χ1n) is 6.45. The Kier molecular flexibility index (Phi) is 6.67. The molecule has 0 aromatic heterocycles. The van der Waals surface area contributed by atoms with Crippen LogP contribution in [0.3, 0.4) is 0 Å². The van der Waals surface area contributed by atoms with Gasteiger partial charge in [0.2, 0.25) is 5.91 Å². The highest BCUT2D eigenvalue weighted by atomic mass is 16.5. The first-order valence-corrected chi connectivity index (χ1v) is 6.45. The average Bonchev–Trinajstić information content (AvgIpc) is 2.37. The molecule has 104 valence electrons. The maximum absolute atomic E-state index is 11.4. The van der Waals surface area contributed by atoms with Crippen molar-refractivity contribution in [2.45, 2.75) is 32.3 Å². The molecule has 0 aliphatic carbocycles. The van der Waals surface area contributed by atoms with Gasteiger partial charge in [-0.25, -0.2) is 0 Å². The van der Waals surface area contributed by atoms with Gasteiger partial charge in [0, 0.05) is 19.6 Å². The number of rotatable bonds is 7. The van der Waals surface area contributed by atoms with Gasteiger partial charge in [-0.05, 0) is 12.8 Å². The predicted octanol–water partition coefficient (Wildman–Crippen LogP) is -0.0180. The van der Waals surface area contributed by atoms with Crippen LogP contribution >= 0.6 is 0 Å². The molecule has 1 rings (SSSR count). The normalized spacial score (nSPS) is 23.6. The summed E-state index contributed by atoms with van der Waals surface area (Å²) >= 11 is 0. The van der Waals surface area contributed by atoms with E-state index in [1.807, 2.05) is 0 Å². The van der Waals surface area contributed by atoms with E-state index in [-0.39, 0.29) is 18.6 Å². The third-order valence-corrected chi connectivity index (χ3v) is 2.96. The van der Waals surface area contributed by atoms with Crippen molar-refractivity contribution in [3.8, 4) is 0 Å². The Morgan fingerprint density at radius 2 is 2.22 bits per heavy atom. The minimum Gasteiger partial charge on any atom is -0.481 e. The van der Waals surface area contributed by atoms with Gasteiger partial charge in [0.05, 0.1) is 12.0 Å². The second-order valence-electron chi connectivity index (χ2n) is 4.57. The van der Waals surface area contributed by atoms with Crippen LogP contribution < -0.4 is 10.6 Å². The Bertz CT molecular complexity index is 283. The Morgan fingerprint density at radius 3 is 2.89 bits per heavy atom. The number of ether oxygens (including phenoxy) is 1. The van der Waals surface area contributed by atoms with Gasteiger partial charge in [0.15, 0.2) is 0 Å². The van der Waals surface area contributed by atoms with Gasteiger partial charge in [-0.15, -0.1) is 0 Å². The van der Waals surface area contributed by atoms with Crippen LogP contribution in [-0.4, -0.2) is 49.3 Å². The zero-order chi connectivity index (χ0) is 13.4. The second-order valence-corrected chi connectivity index (χ2v) is 4.57. The summed E-state index contributed by atoms with van der Waals surface area (Å²) in [6, 6.07) is 0. The van der Waals surface area contributed by atoms with E-state index in [0.717, 1.165) is 12.8 Å². The van der Waals surface area contributed by atoms with Crippen LogP contribution in [0, 0.1) is 5.92 Å². The van der Waals surface area contributed by atoms with Gasteiger partial charge < -0.3 is 20.5 Å². The minimum atomic E-state index is -0.816. The van der Waals surface area contributed by atoms with E-state index in [9.17, 15) is 9.59 Å². The quantitative estimate of drug-likeness (QED) is 0.559. The van der Waals surface area contributed by atoms with Crippen molar-refractivity contribution in [1.82, 2.24) is 10.6 Å². The molecular formula is C12H22N2O4. The zero-order valence-corrected chi connectivity index (χ0v) is 10.8. The zero-order valence-electron chi connectivity index (χ0n) is 10.8. The average molecular weight is 258 g/mol. The minimum absolute atomic E-state index is 0.00238. The Morgan fingerprint density at radius 1 is 1.44 bits per heavy atom. The summed E-state index contributed by atoms with van der Waals surface area (Å²) in [5, 5.41) is 14.7. The molecule has 1 amide bonds. The molecule has 3 N–H and O–H groups in total. The molecule has 0 spiro atoms. The highest BCUT2D eigenvalue weighted by Gasteiger charge is 2.27. The maximum atomic E-state index is 11.4. The molecule has 0 saturated carbocycles. The van der Waals surface area contributed by atoms with E-state index in [0.29, 0.717) is 26.1 Å².